The maximum absolute atomic E-state index is 12.6. The molecule has 0 aliphatic heterocycles. The van der Waals surface area contributed by atoms with Crippen LogP contribution in [0.3, 0.4) is 0 Å². The second kappa shape index (κ2) is 9.70. The summed E-state index contributed by atoms with van der Waals surface area (Å²) in [6.07, 6.45) is 1.41. The molecule has 0 aliphatic carbocycles. The molecule has 0 aliphatic rings. The van der Waals surface area contributed by atoms with Crippen LogP contribution in [0, 0.1) is 14.9 Å². The minimum atomic E-state index is -0.632. The third kappa shape index (κ3) is 4.65. The standard InChI is InChI=1S/C24H17IN4O4/c1-32-21-11-15(10-19(25)22(21)33-14-17-7-3-2-6-16(17)12-26)13-27-29-23(30)18-8-4-5-9-20(18)28-24(29)31/h2-11,13H,14H2,1H3,(H,28,31). The molecule has 1 aromatic heterocycles. The number of aromatic nitrogens is 2. The van der Waals surface area contributed by atoms with Gasteiger partial charge in [-0.2, -0.15) is 10.4 Å². The van der Waals surface area contributed by atoms with Gasteiger partial charge in [-0.1, -0.05) is 30.3 Å². The monoisotopic (exact) mass is 552 g/mol. The summed E-state index contributed by atoms with van der Waals surface area (Å²) in [5.41, 5.74) is 1.23. The number of benzene rings is 3. The molecule has 0 atom stereocenters. The quantitative estimate of drug-likeness (QED) is 0.290. The van der Waals surface area contributed by atoms with E-state index < -0.39 is 11.2 Å². The first kappa shape index (κ1) is 22.3. The fourth-order valence-corrected chi connectivity index (χ4v) is 4.02. The van der Waals surface area contributed by atoms with Crippen molar-refractivity contribution >= 4 is 39.7 Å². The van der Waals surface area contributed by atoms with Crippen LogP contribution in [0.15, 0.2) is 75.4 Å². The molecular weight excluding hydrogens is 535 g/mol. The molecule has 0 spiro atoms. The first-order valence-corrected chi connectivity index (χ1v) is 10.9. The average molecular weight is 552 g/mol. The number of para-hydroxylation sites is 1. The first-order valence-electron chi connectivity index (χ1n) is 9.78. The SMILES string of the molecule is COc1cc(C=Nn2c(=O)[nH]c3ccccc3c2=O)cc(I)c1OCc1ccccc1C#N. The summed E-state index contributed by atoms with van der Waals surface area (Å²) in [7, 11) is 1.51. The summed E-state index contributed by atoms with van der Waals surface area (Å²) in [6.45, 7) is 0.200. The number of ether oxygens (including phenoxy) is 2. The number of rotatable bonds is 6. The lowest BCUT2D eigenvalue weighted by Gasteiger charge is -2.14. The molecule has 1 heterocycles. The van der Waals surface area contributed by atoms with E-state index in [0.29, 0.717) is 33.5 Å². The molecule has 4 aromatic rings. The highest BCUT2D eigenvalue weighted by Crippen LogP contribution is 2.34. The number of halogens is 1. The molecule has 0 saturated carbocycles. The van der Waals surface area contributed by atoms with E-state index in [1.807, 2.05) is 12.1 Å². The largest absolute Gasteiger partial charge is 0.493 e. The Bertz CT molecular complexity index is 1530. The molecule has 0 fully saturated rings. The molecule has 3 aromatic carbocycles. The highest BCUT2D eigenvalue weighted by Gasteiger charge is 2.13. The minimum absolute atomic E-state index is 0.200. The van der Waals surface area contributed by atoms with Gasteiger partial charge in [0.1, 0.15) is 6.61 Å². The van der Waals surface area contributed by atoms with E-state index in [4.69, 9.17) is 9.47 Å². The highest BCUT2D eigenvalue weighted by atomic mass is 127. The van der Waals surface area contributed by atoms with E-state index in [2.05, 4.69) is 38.7 Å². The Labute approximate surface area is 201 Å². The van der Waals surface area contributed by atoms with Crippen molar-refractivity contribution in [2.75, 3.05) is 7.11 Å². The summed E-state index contributed by atoms with van der Waals surface area (Å²) in [6, 6.07) is 19.6. The first-order chi connectivity index (χ1) is 16.0. The van der Waals surface area contributed by atoms with Gasteiger partial charge in [0, 0.05) is 5.56 Å². The van der Waals surface area contributed by atoms with Crippen molar-refractivity contribution in [3.8, 4) is 17.6 Å². The van der Waals surface area contributed by atoms with Gasteiger partial charge in [-0.05, 0) is 58.5 Å². The van der Waals surface area contributed by atoms with Gasteiger partial charge in [0.05, 0.1) is 39.4 Å². The molecule has 0 saturated heterocycles. The van der Waals surface area contributed by atoms with Crippen LogP contribution >= 0.6 is 22.6 Å². The van der Waals surface area contributed by atoms with E-state index in [1.54, 1.807) is 48.5 Å². The van der Waals surface area contributed by atoms with Crippen LogP contribution in [0.25, 0.3) is 10.9 Å². The minimum Gasteiger partial charge on any atom is -0.493 e. The van der Waals surface area contributed by atoms with Gasteiger partial charge in [0.15, 0.2) is 11.5 Å². The summed E-state index contributed by atoms with van der Waals surface area (Å²) in [5, 5.41) is 13.7. The Balaban J connectivity index is 1.64. The van der Waals surface area contributed by atoms with Crippen LogP contribution < -0.4 is 20.7 Å². The Morgan fingerprint density at radius 3 is 2.70 bits per heavy atom. The maximum atomic E-state index is 12.6. The molecule has 0 unspecified atom stereocenters. The zero-order valence-corrected chi connectivity index (χ0v) is 19.6. The lowest BCUT2D eigenvalue weighted by molar-refractivity contribution is 0.282. The van der Waals surface area contributed by atoms with Gasteiger partial charge >= 0.3 is 5.69 Å². The summed E-state index contributed by atoms with van der Waals surface area (Å²) >= 11 is 2.11. The highest BCUT2D eigenvalue weighted by molar-refractivity contribution is 14.1. The number of H-pyrrole nitrogens is 1. The van der Waals surface area contributed by atoms with Crippen molar-refractivity contribution in [3.05, 3.63) is 102 Å². The molecule has 0 amide bonds. The summed E-state index contributed by atoms with van der Waals surface area (Å²) < 4.78 is 13.0. The van der Waals surface area contributed by atoms with E-state index in [1.165, 1.54) is 13.3 Å². The van der Waals surface area contributed by atoms with Crippen LogP contribution in [0.2, 0.25) is 0 Å². The number of aromatic amines is 1. The van der Waals surface area contributed by atoms with E-state index in [-0.39, 0.29) is 6.61 Å². The zero-order valence-electron chi connectivity index (χ0n) is 17.4. The van der Waals surface area contributed by atoms with Crippen molar-refractivity contribution in [2.24, 2.45) is 5.10 Å². The van der Waals surface area contributed by atoms with E-state index in [9.17, 15) is 14.9 Å². The predicted molar refractivity (Wildman–Crippen MR) is 133 cm³/mol. The number of nitriles is 1. The molecule has 1 N–H and O–H groups in total. The predicted octanol–water partition coefficient (Wildman–Crippen LogP) is 3.64. The zero-order chi connectivity index (χ0) is 23.4. The molecule has 9 heteroatoms. The van der Waals surface area contributed by atoms with Gasteiger partial charge in [-0.3, -0.25) is 4.79 Å². The van der Waals surface area contributed by atoms with Gasteiger partial charge in [-0.15, -0.1) is 4.68 Å². The lowest BCUT2D eigenvalue weighted by Crippen LogP contribution is -2.32. The van der Waals surface area contributed by atoms with Crippen LogP contribution in [-0.4, -0.2) is 23.0 Å². The Kier molecular flexibility index (Phi) is 6.55. The number of methoxy groups -OCH3 is 1. The van der Waals surface area contributed by atoms with Crippen LogP contribution in [0.4, 0.5) is 0 Å². The number of hydrogen-bond acceptors (Lipinski definition) is 6. The number of fused-ring (bicyclic) bond motifs is 1. The molecule has 0 radical (unpaired) electrons. The van der Waals surface area contributed by atoms with Crippen molar-refractivity contribution in [2.45, 2.75) is 6.61 Å². The third-order valence-corrected chi connectivity index (χ3v) is 5.67. The van der Waals surface area contributed by atoms with Gasteiger partial charge in [0.25, 0.3) is 5.56 Å². The molecular formula is C24H17IN4O4. The van der Waals surface area contributed by atoms with Gasteiger partial charge in [0.2, 0.25) is 0 Å². The smallest absolute Gasteiger partial charge is 0.349 e. The topological polar surface area (TPSA) is 109 Å². The van der Waals surface area contributed by atoms with E-state index >= 15 is 0 Å². The molecule has 164 valence electrons. The Hall–Kier alpha value is -3.91. The molecule has 4 rings (SSSR count). The molecule has 8 nitrogen and oxygen atoms in total. The van der Waals surface area contributed by atoms with Crippen molar-refractivity contribution in [1.82, 2.24) is 9.66 Å². The van der Waals surface area contributed by atoms with Gasteiger partial charge < -0.3 is 14.5 Å². The lowest BCUT2D eigenvalue weighted by atomic mass is 10.1. The normalized spacial score (nSPS) is 10.9. The second-order valence-electron chi connectivity index (χ2n) is 6.93. The Morgan fingerprint density at radius 2 is 1.91 bits per heavy atom. The maximum Gasteiger partial charge on any atom is 0.349 e. The Morgan fingerprint density at radius 1 is 1.15 bits per heavy atom. The third-order valence-electron chi connectivity index (χ3n) is 4.87. The number of hydrogen-bond donors (Lipinski definition) is 1. The summed E-state index contributed by atoms with van der Waals surface area (Å²) in [4.78, 5) is 27.6. The van der Waals surface area contributed by atoms with Crippen molar-refractivity contribution < 1.29 is 9.47 Å². The van der Waals surface area contributed by atoms with Gasteiger partial charge in [-0.25, -0.2) is 4.79 Å². The van der Waals surface area contributed by atoms with Crippen LogP contribution in [-0.2, 0) is 6.61 Å². The van der Waals surface area contributed by atoms with Crippen LogP contribution in [0.1, 0.15) is 16.7 Å². The number of nitrogens with one attached hydrogen (secondary N) is 1. The fraction of sp³-hybridized carbons (Fsp3) is 0.0833. The van der Waals surface area contributed by atoms with Crippen LogP contribution in [0.5, 0.6) is 11.5 Å². The van der Waals surface area contributed by atoms with Crippen molar-refractivity contribution in [1.29, 1.82) is 5.26 Å². The summed E-state index contributed by atoms with van der Waals surface area (Å²) in [5.74, 6) is 0.973. The second-order valence-corrected chi connectivity index (χ2v) is 8.09. The fourth-order valence-electron chi connectivity index (χ4n) is 3.24. The molecule has 0 bridgehead atoms. The molecule has 33 heavy (non-hydrogen) atoms. The average Bonchev–Trinajstić information content (AvgIpc) is 2.83. The van der Waals surface area contributed by atoms with E-state index in [0.717, 1.165) is 13.8 Å². The van der Waals surface area contributed by atoms with Crippen molar-refractivity contribution in [3.63, 3.8) is 0 Å². The number of nitrogens with zero attached hydrogens (tertiary/aromatic N) is 3.